The number of imide groups is 2. The van der Waals surface area contributed by atoms with Crippen LogP contribution in [-0.2, 0) is 20.5 Å². The molecule has 1 heterocycles. The van der Waals surface area contributed by atoms with Gasteiger partial charge in [0, 0.05) is 6.07 Å². The fourth-order valence-corrected chi connectivity index (χ4v) is 4.61. The maximum Gasteiger partial charge on any atom is 0.416 e. The number of benzene rings is 3. The van der Waals surface area contributed by atoms with E-state index in [4.69, 9.17) is 9.47 Å². The average molecular weight is 711 g/mol. The van der Waals surface area contributed by atoms with E-state index >= 15 is 0 Å². The molecule has 0 aliphatic carbocycles. The smallest absolute Gasteiger partial charge is 0.416 e. The number of hydrogen-bond donors (Lipinski definition) is 1. The standard InChI is InChI=1S/C27H17F3IN3O9/c1-41-21-11-13(10-18(31)22(21)43-20-8-5-15(27(28,29)30)12-19(20)34(39)40)9-17-23(35)32-26(38)33(24(17)36)16-6-3-14(4-7-16)25(37)42-2/h3-12H,1-2H3,(H,32,35,38)/b17-9+. The number of alkyl halides is 3. The second kappa shape index (κ2) is 12.1. The van der Waals surface area contributed by atoms with E-state index in [0.717, 1.165) is 12.1 Å². The van der Waals surface area contributed by atoms with Crippen LogP contribution in [0, 0.1) is 13.7 Å². The first kappa shape index (κ1) is 30.9. The van der Waals surface area contributed by atoms with Crippen molar-refractivity contribution in [3.8, 4) is 17.2 Å². The Hall–Kier alpha value is -5.00. The van der Waals surface area contributed by atoms with Crippen molar-refractivity contribution in [3.05, 3.63) is 90.5 Å². The number of carbonyl (C=O) groups excluding carboxylic acids is 4. The minimum Gasteiger partial charge on any atom is -0.493 e. The van der Waals surface area contributed by atoms with Crippen LogP contribution in [0.1, 0.15) is 21.5 Å². The molecule has 0 spiro atoms. The van der Waals surface area contributed by atoms with Crippen LogP contribution in [-0.4, -0.2) is 43.0 Å². The van der Waals surface area contributed by atoms with Gasteiger partial charge in [-0.1, -0.05) is 0 Å². The fourth-order valence-electron chi connectivity index (χ4n) is 3.88. The molecule has 1 saturated heterocycles. The maximum atomic E-state index is 13.3. The first-order chi connectivity index (χ1) is 20.2. The van der Waals surface area contributed by atoms with Crippen LogP contribution >= 0.6 is 22.6 Å². The van der Waals surface area contributed by atoms with Crippen LogP contribution in [0.5, 0.6) is 17.2 Å². The SMILES string of the molecule is COC(=O)c1ccc(N2C(=O)NC(=O)/C(=C\c3cc(I)c(Oc4ccc(C(F)(F)F)cc4[N+](=O)[O-])c(OC)c3)C2=O)cc1. The Morgan fingerprint density at radius 2 is 1.70 bits per heavy atom. The van der Waals surface area contributed by atoms with E-state index in [0.29, 0.717) is 17.0 Å². The second-order valence-corrected chi connectivity index (χ2v) is 9.73. The number of methoxy groups -OCH3 is 2. The second-order valence-electron chi connectivity index (χ2n) is 8.57. The highest BCUT2D eigenvalue weighted by Gasteiger charge is 2.37. The molecule has 12 nitrogen and oxygen atoms in total. The summed E-state index contributed by atoms with van der Waals surface area (Å²) in [6, 6.07) is 8.77. The Morgan fingerprint density at radius 3 is 2.28 bits per heavy atom. The number of nitro groups is 1. The Labute approximate surface area is 253 Å². The Morgan fingerprint density at radius 1 is 1.02 bits per heavy atom. The minimum atomic E-state index is -4.82. The van der Waals surface area contributed by atoms with Crippen LogP contribution in [0.3, 0.4) is 0 Å². The summed E-state index contributed by atoms with van der Waals surface area (Å²) in [7, 11) is 2.42. The lowest BCUT2D eigenvalue weighted by atomic mass is 10.1. The molecule has 4 rings (SSSR count). The van der Waals surface area contributed by atoms with Gasteiger partial charge in [-0.15, -0.1) is 0 Å². The zero-order valence-corrected chi connectivity index (χ0v) is 24.0. The molecule has 0 atom stereocenters. The predicted molar refractivity (Wildman–Crippen MR) is 151 cm³/mol. The lowest BCUT2D eigenvalue weighted by molar-refractivity contribution is -0.385. The van der Waals surface area contributed by atoms with Gasteiger partial charge in [0.2, 0.25) is 5.75 Å². The molecule has 0 radical (unpaired) electrons. The van der Waals surface area contributed by atoms with Gasteiger partial charge < -0.3 is 14.2 Å². The molecule has 1 aliphatic rings. The van der Waals surface area contributed by atoms with Crippen LogP contribution in [0.15, 0.2) is 60.2 Å². The van der Waals surface area contributed by atoms with Crippen LogP contribution in [0.2, 0.25) is 0 Å². The van der Waals surface area contributed by atoms with E-state index in [9.17, 15) is 42.5 Å². The predicted octanol–water partition coefficient (Wildman–Crippen LogP) is 5.47. The third-order valence-electron chi connectivity index (χ3n) is 5.91. The number of halogens is 4. The monoisotopic (exact) mass is 711 g/mol. The number of carbonyl (C=O) groups is 4. The third kappa shape index (κ3) is 6.42. The molecule has 43 heavy (non-hydrogen) atoms. The molecule has 222 valence electrons. The van der Waals surface area contributed by atoms with Crippen molar-refractivity contribution < 1.29 is 51.5 Å². The van der Waals surface area contributed by atoms with Crippen LogP contribution in [0.25, 0.3) is 6.08 Å². The summed E-state index contributed by atoms with van der Waals surface area (Å²) in [5, 5.41) is 13.5. The maximum absolute atomic E-state index is 13.3. The summed E-state index contributed by atoms with van der Waals surface area (Å²) >= 11 is 1.77. The van der Waals surface area contributed by atoms with Gasteiger partial charge in [-0.2, -0.15) is 13.2 Å². The van der Waals surface area contributed by atoms with Crippen molar-refractivity contribution >= 4 is 63.9 Å². The molecule has 1 aliphatic heterocycles. The van der Waals surface area contributed by atoms with Gasteiger partial charge in [0.05, 0.1) is 39.5 Å². The van der Waals surface area contributed by atoms with Crippen molar-refractivity contribution in [1.82, 2.24) is 5.32 Å². The van der Waals surface area contributed by atoms with Crippen molar-refractivity contribution in [2.75, 3.05) is 19.1 Å². The van der Waals surface area contributed by atoms with Gasteiger partial charge in [0.15, 0.2) is 11.5 Å². The number of urea groups is 1. The Bertz CT molecular complexity index is 1710. The number of ether oxygens (including phenoxy) is 3. The summed E-state index contributed by atoms with van der Waals surface area (Å²) in [6.45, 7) is 0. The minimum absolute atomic E-state index is 0.0389. The lowest BCUT2D eigenvalue weighted by Crippen LogP contribution is -2.54. The van der Waals surface area contributed by atoms with Crippen LogP contribution in [0.4, 0.5) is 29.3 Å². The number of anilines is 1. The Balaban J connectivity index is 1.69. The summed E-state index contributed by atoms with van der Waals surface area (Å²) < 4.78 is 55.0. The molecular formula is C27H17F3IN3O9. The largest absolute Gasteiger partial charge is 0.493 e. The van der Waals surface area contributed by atoms with E-state index in [-0.39, 0.29) is 31.9 Å². The molecular weight excluding hydrogens is 694 g/mol. The molecule has 3 aromatic rings. The molecule has 0 saturated carbocycles. The quantitative estimate of drug-likeness (QED) is 0.0839. The summed E-state index contributed by atoms with van der Waals surface area (Å²) in [5.74, 6) is -3.23. The van der Waals surface area contributed by atoms with E-state index in [1.807, 2.05) is 0 Å². The number of nitrogens with zero attached hydrogens (tertiary/aromatic N) is 2. The van der Waals surface area contributed by atoms with E-state index < -0.39 is 57.5 Å². The third-order valence-corrected chi connectivity index (χ3v) is 6.71. The average Bonchev–Trinajstić information content (AvgIpc) is 2.95. The van der Waals surface area contributed by atoms with Gasteiger partial charge in [0.1, 0.15) is 5.57 Å². The highest BCUT2D eigenvalue weighted by atomic mass is 127. The fraction of sp³-hybridized carbons (Fsp3) is 0.111. The van der Waals surface area contributed by atoms with Gasteiger partial charge in [-0.05, 0) is 82.8 Å². The molecule has 3 aromatic carbocycles. The van der Waals surface area contributed by atoms with Crippen molar-refractivity contribution in [2.45, 2.75) is 6.18 Å². The highest BCUT2D eigenvalue weighted by molar-refractivity contribution is 14.1. The molecule has 1 N–H and O–H groups in total. The molecule has 0 bridgehead atoms. The Kier molecular flexibility index (Phi) is 8.70. The summed E-state index contributed by atoms with van der Waals surface area (Å²) in [5.41, 5.74) is -2.19. The first-order valence-electron chi connectivity index (χ1n) is 11.8. The molecule has 1 fully saturated rings. The summed E-state index contributed by atoms with van der Waals surface area (Å²) in [4.78, 5) is 61.2. The normalized spacial score (nSPS) is 14.4. The first-order valence-corrected chi connectivity index (χ1v) is 12.8. The van der Waals surface area contributed by atoms with Crippen molar-refractivity contribution in [1.29, 1.82) is 0 Å². The zero-order valence-electron chi connectivity index (χ0n) is 21.9. The van der Waals surface area contributed by atoms with E-state index in [1.165, 1.54) is 50.6 Å². The number of barbiturate groups is 1. The zero-order chi connectivity index (χ0) is 31.6. The number of nitro benzene ring substituents is 1. The van der Waals surface area contributed by atoms with Crippen molar-refractivity contribution in [2.24, 2.45) is 0 Å². The van der Waals surface area contributed by atoms with Gasteiger partial charge in [-0.3, -0.25) is 25.0 Å². The summed E-state index contributed by atoms with van der Waals surface area (Å²) in [6.07, 6.45) is -3.66. The number of amides is 4. The number of hydrogen-bond acceptors (Lipinski definition) is 9. The van der Waals surface area contributed by atoms with Crippen molar-refractivity contribution in [3.63, 3.8) is 0 Å². The number of esters is 1. The van der Waals surface area contributed by atoms with Crippen LogP contribution < -0.4 is 19.7 Å². The van der Waals surface area contributed by atoms with E-state index in [1.54, 1.807) is 22.6 Å². The van der Waals surface area contributed by atoms with E-state index in [2.05, 4.69) is 10.1 Å². The lowest BCUT2D eigenvalue weighted by Gasteiger charge is -2.26. The highest BCUT2D eigenvalue weighted by Crippen LogP contribution is 2.42. The van der Waals surface area contributed by atoms with Gasteiger partial charge in [-0.25, -0.2) is 14.5 Å². The molecule has 0 unspecified atom stereocenters. The molecule has 0 aromatic heterocycles. The van der Waals surface area contributed by atoms with Gasteiger partial charge >= 0.3 is 23.9 Å². The molecule has 16 heteroatoms. The topological polar surface area (TPSA) is 154 Å². The van der Waals surface area contributed by atoms with Gasteiger partial charge in [0.25, 0.3) is 11.8 Å². The molecule has 4 amide bonds. The number of nitrogens with one attached hydrogen (secondary N) is 1. The number of rotatable bonds is 7.